The van der Waals surface area contributed by atoms with Crippen LogP contribution in [-0.4, -0.2) is 46.7 Å². The van der Waals surface area contributed by atoms with Crippen LogP contribution in [0.25, 0.3) is 0 Å². The second kappa shape index (κ2) is 8.68. The summed E-state index contributed by atoms with van der Waals surface area (Å²) in [5.74, 6) is -0.0955. The largest absolute Gasteiger partial charge is 0.384 e. The zero-order valence-electron chi connectivity index (χ0n) is 16.6. The molecule has 0 saturated carbocycles. The van der Waals surface area contributed by atoms with Crippen LogP contribution in [0.15, 0.2) is 29.2 Å². The molecule has 2 rings (SSSR count). The van der Waals surface area contributed by atoms with Gasteiger partial charge in [0, 0.05) is 19.2 Å². The van der Waals surface area contributed by atoms with Crippen molar-refractivity contribution in [2.75, 3.05) is 26.8 Å². The van der Waals surface area contributed by atoms with E-state index in [4.69, 9.17) is 4.74 Å². The van der Waals surface area contributed by atoms with Gasteiger partial charge in [0.15, 0.2) is 0 Å². The predicted molar refractivity (Wildman–Crippen MR) is 105 cm³/mol. The van der Waals surface area contributed by atoms with Crippen LogP contribution in [0.4, 0.5) is 0 Å². The number of carbonyl (C=O) groups is 1. The van der Waals surface area contributed by atoms with E-state index in [1.165, 1.54) is 0 Å². The quantitative estimate of drug-likeness (QED) is 0.646. The van der Waals surface area contributed by atoms with Crippen LogP contribution >= 0.6 is 0 Å². The summed E-state index contributed by atoms with van der Waals surface area (Å²) in [6.07, 6.45) is 1.39. The fraction of sp³-hybridized carbons (Fsp3) is 0.632. The van der Waals surface area contributed by atoms with Gasteiger partial charge in [0.25, 0.3) is 0 Å². The maximum absolute atomic E-state index is 12.9. The summed E-state index contributed by atoms with van der Waals surface area (Å²) in [6, 6.07) is 6.74. The number of amides is 1. The number of sulfonamides is 1. The number of ether oxygens (including phenoxy) is 1. The van der Waals surface area contributed by atoms with E-state index in [9.17, 15) is 13.2 Å². The molecule has 1 aliphatic heterocycles. The van der Waals surface area contributed by atoms with Crippen LogP contribution in [0.5, 0.6) is 0 Å². The molecule has 27 heavy (non-hydrogen) atoms. The van der Waals surface area contributed by atoms with Gasteiger partial charge in [-0.05, 0) is 58.3 Å². The highest BCUT2D eigenvalue weighted by Gasteiger charge is 2.39. The van der Waals surface area contributed by atoms with E-state index in [1.54, 1.807) is 52.1 Å². The predicted octanol–water partition coefficient (Wildman–Crippen LogP) is 1.40. The summed E-state index contributed by atoms with van der Waals surface area (Å²) in [4.78, 5) is 13.1. The van der Waals surface area contributed by atoms with Crippen molar-refractivity contribution in [3.05, 3.63) is 29.8 Å². The summed E-state index contributed by atoms with van der Waals surface area (Å²) in [5, 5.41) is 6.18. The van der Waals surface area contributed by atoms with E-state index in [-0.39, 0.29) is 17.3 Å². The number of carbonyl (C=O) groups excluding carboxylic acids is 1. The van der Waals surface area contributed by atoms with Gasteiger partial charge in [0.2, 0.25) is 15.9 Å². The number of hydrogen-bond donors (Lipinski definition) is 3. The third-order valence-corrected chi connectivity index (χ3v) is 6.46. The van der Waals surface area contributed by atoms with Crippen LogP contribution < -0.4 is 15.4 Å². The number of piperidine rings is 1. The Morgan fingerprint density at radius 2 is 1.85 bits per heavy atom. The Labute approximate surface area is 162 Å². The van der Waals surface area contributed by atoms with Gasteiger partial charge in [0.05, 0.1) is 16.9 Å². The molecule has 0 bridgehead atoms. The van der Waals surface area contributed by atoms with Gasteiger partial charge in [-0.3, -0.25) is 4.79 Å². The third-order valence-electron chi connectivity index (χ3n) is 4.61. The van der Waals surface area contributed by atoms with Gasteiger partial charge in [-0.2, -0.15) is 0 Å². The van der Waals surface area contributed by atoms with Gasteiger partial charge < -0.3 is 15.4 Å². The smallest absolute Gasteiger partial charge is 0.241 e. The topological polar surface area (TPSA) is 96.5 Å². The average molecular weight is 398 g/mol. The molecule has 152 valence electrons. The van der Waals surface area contributed by atoms with Crippen molar-refractivity contribution < 1.29 is 17.9 Å². The number of rotatable bonds is 7. The van der Waals surface area contributed by atoms with Crippen molar-refractivity contribution >= 4 is 15.9 Å². The van der Waals surface area contributed by atoms with Crippen molar-refractivity contribution in [1.29, 1.82) is 0 Å². The molecule has 1 aromatic carbocycles. The van der Waals surface area contributed by atoms with Crippen LogP contribution in [0.1, 0.15) is 39.2 Å². The maximum Gasteiger partial charge on any atom is 0.241 e. The molecule has 3 N–H and O–H groups in total. The van der Waals surface area contributed by atoms with Crippen LogP contribution in [0, 0.1) is 5.41 Å². The van der Waals surface area contributed by atoms with E-state index >= 15 is 0 Å². The van der Waals surface area contributed by atoms with Gasteiger partial charge in [-0.15, -0.1) is 0 Å². The Balaban J connectivity index is 2.17. The zero-order valence-corrected chi connectivity index (χ0v) is 17.4. The van der Waals surface area contributed by atoms with Crippen LogP contribution in [0.3, 0.4) is 0 Å². The first-order valence-corrected chi connectivity index (χ1v) is 10.7. The van der Waals surface area contributed by atoms with Crippen molar-refractivity contribution in [2.45, 2.75) is 50.6 Å². The Hall–Kier alpha value is -1.48. The summed E-state index contributed by atoms with van der Waals surface area (Å²) in [7, 11) is -2.09. The molecule has 0 spiro atoms. The highest BCUT2D eigenvalue weighted by molar-refractivity contribution is 7.89. The molecule has 1 amide bonds. The molecular weight excluding hydrogens is 366 g/mol. The number of hydrogen-bond acceptors (Lipinski definition) is 5. The minimum atomic E-state index is -3.68. The molecule has 8 heteroatoms. The molecule has 1 fully saturated rings. The van der Waals surface area contributed by atoms with Crippen LogP contribution in [-0.2, 0) is 26.1 Å². The molecule has 0 radical (unpaired) electrons. The molecule has 1 heterocycles. The van der Waals surface area contributed by atoms with E-state index in [0.29, 0.717) is 25.0 Å². The number of methoxy groups -OCH3 is 1. The zero-order chi connectivity index (χ0) is 20.1. The SMILES string of the molecule is COCC1(C(=O)NCc2ccccc2S(=O)(=O)NC(C)(C)C)CCNCC1. The monoisotopic (exact) mass is 397 g/mol. The lowest BCUT2D eigenvalue weighted by Gasteiger charge is -2.35. The Morgan fingerprint density at radius 1 is 1.22 bits per heavy atom. The Kier molecular flexibility index (Phi) is 7.02. The lowest BCUT2D eigenvalue weighted by Crippen LogP contribution is -2.50. The minimum absolute atomic E-state index is 0.0955. The first-order valence-electron chi connectivity index (χ1n) is 9.19. The summed E-state index contributed by atoms with van der Waals surface area (Å²) in [5.41, 5.74) is -0.603. The lowest BCUT2D eigenvalue weighted by atomic mass is 9.78. The summed E-state index contributed by atoms with van der Waals surface area (Å²) in [6.45, 7) is 7.40. The maximum atomic E-state index is 12.9. The van der Waals surface area contributed by atoms with E-state index < -0.39 is 21.0 Å². The summed E-state index contributed by atoms with van der Waals surface area (Å²) < 4.78 is 33.4. The standard InChI is InChI=1S/C19H31N3O4S/c1-18(2,3)22-27(24,25)16-8-6-5-7-15(16)13-21-17(23)19(14-26-4)9-11-20-12-10-19/h5-8,20,22H,9-14H2,1-4H3,(H,21,23). The second-order valence-electron chi connectivity index (χ2n) is 8.11. The van der Waals surface area contributed by atoms with Gasteiger partial charge in [-0.25, -0.2) is 13.1 Å². The Bertz CT molecular complexity index is 745. The molecule has 0 atom stereocenters. The normalized spacial score (nSPS) is 17.5. The molecule has 1 aliphatic rings. The first-order chi connectivity index (χ1) is 12.6. The highest BCUT2D eigenvalue weighted by atomic mass is 32.2. The van der Waals surface area contributed by atoms with Crippen molar-refractivity contribution in [3.8, 4) is 0 Å². The molecule has 0 unspecified atom stereocenters. The fourth-order valence-corrected chi connectivity index (χ4v) is 5.01. The van der Waals surface area contributed by atoms with E-state index in [2.05, 4.69) is 15.4 Å². The average Bonchev–Trinajstić information content (AvgIpc) is 2.59. The highest BCUT2D eigenvalue weighted by Crippen LogP contribution is 2.29. The van der Waals surface area contributed by atoms with Crippen LogP contribution in [0.2, 0.25) is 0 Å². The second-order valence-corrected chi connectivity index (χ2v) is 9.76. The Morgan fingerprint density at radius 3 is 2.44 bits per heavy atom. The molecular formula is C19H31N3O4S. The molecule has 7 nitrogen and oxygen atoms in total. The van der Waals surface area contributed by atoms with Gasteiger partial charge in [-0.1, -0.05) is 18.2 Å². The molecule has 0 aromatic heterocycles. The minimum Gasteiger partial charge on any atom is -0.384 e. The number of nitrogens with one attached hydrogen (secondary N) is 3. The van der Waals surface area contributed by atoms with Crippen molar-refractivity contribution in [1.82, 2.24) is 15.4 Å². The van der Waals surface area contributed by atoms with Gasteiger partial charge in [0.1, 0.15) is 0 Å². The summed E-state index contributed by atoms with van der Waals surface area (Å²) >= 11 is 0. The molecule has 1 aromatic rings. The van der Waals surface area contributed by atoms with E-state index in [1.807, 2.05) is 0 Å². The fourth-order valence-electron chi connectivity index (χ4n) is 3.35. The first kappa shape index (κ1) is 21.8. The molecule has 1 saturated heterocycles. The molecule has 0 aliphatic carbocycles. The third kappa shape index (κ3) is 5.75. The van der Waals surface area contributed by atoms with Crippen molar-refractivity contribution in [3.63, 3.8) is 0 Å². The van der Waals surface area contributed by atoms with Gasteiger partial charge >= 0.3 is 0 Å². The lowest BCUT2D eigenvalue weighted by molar-refractivity contribution is -0.136. The van der Waals surface area contributed by atoms with Crippen molar-refractivity contribution in [2.24, 2.45) is 5.41 Å². The van der Waals surface area contributed by atoms with E-state index in [0.717, 1.165) is 13.1 Å². The number of benzene rings is 1.